The second-order valence-electron chi connectivity index (χ2n) is 10.4. The molecule has 4 aromatic heterocycles. The smallest absolute Gasteiger partial charge is 0.382 e. The molecule has 0 aliphatic carbocycles. The van der Waals surface area contributed by atoms with Crippen molar-refractivity contribution < 1.29 is 51.1 Å². The molecule has 3 aliphatic heterocycles. The molecule has 0 spiro atoms. The largest absolute Gasteiger partial charge is 0.472 e. The molecule has 2 bridgehead atoms. The van der Waals surface area contributed by atoms with Gasteiger partial charge < -0.3 is 35.5 Å². The van der Waals surface area contributed by atoms with Crippen LogP contribution in [0.3, 0.4) is 0 Å². The number of anilines is 2. The number of nitrogen functional groups attached to an aromatic ring is 2. The van der Waals surface area contributed by atoms with Gasteiger partial charge in [0.05, 0.1) is 31.9 Å². The first kappa shape index (κ1) is 31.1. The highest BCUT2D eigenvalue weighted by molar-refractivity contribution is 7.50. The van der Waals surface area contributed by atoms with Gasteiger partial charge in [0, 0.05) is 7.11 Å². The van der Waals surface area contributed by atoms with Crippen molar-refractivity contribution in [3.8, 4) is 0 Å². The van der Waals surface area contributed by atoms with Gasteiger partial charge in [-0.2, -0.15) is 4.98 Å². The number of hydrogen-bond donors (Lipinski definition) is 6. The van der Waals surface area contributed by atoms with Crippen LogP contribution in [0.15, 0.2) is 23.8 Å². The van der Waals surface area contributed by atoms with Crippen LogP contribution in [0.5, 0.6) is 0 Å². The maximum atomic E-state index is 16.0. The molecule has 46 heavy (non-hydrogen) atoms. The fourth-order valence-electron chi connectivity index (χ4n) is 5.66. The fourth-order valence-corrected chi connectivity index (χ4v) is 7.69. The standard InChI is InChI=1S/C21H26FN11O11P2/c1-39-14-8-3-41-46(37,38)44-13-7(42-19(9(13)22)32-5-27-11-15(23)25-4-26-16(11)32)2-40-45(35,36)31-10(14)20(43-8)33-6-28-12-17(33)29-21(24)30-18(12)34/h4-10,13-14,19-20H,2-3H2,1H3,(H,37,38)(H2,23,25,26)(H2,31,35,36)(H3,24,29,30,34). The van der Waals surface area contributed by atoms with E-state index >= 15 is 4.39 Å². The molecular weight excluding hydrogens is 663 g/mol. The van der Waals surface area contributed by atoms with E-state index in [1.54, 1.807) is 0 Å². The van der Waals surface area contributed by atoms with E-state index in [0.717, 1.165) is 6.33 Å². The number of phosphoric acid groups is 1. The highest BCUT2D eigenvalue weighted by atomic mass is 31.2. The van der Waals surface area contributed by atoms with Crippen molar-refractivity contribution in [1.29, 1.82) is 0 Å². The highest BCUT2D eigenvalue weighted by Gasteiger charge is 2.54. The minimum absolute atomic E-state index is 0.0131. The van der Waals surface area contributed by atoms with Crippen LogP contribution in [0.25, 0.3) is 22.3 Å². The number of rotatable bonds is 3. The van der Waals surface area contributed by atoms with Gasteiger partial charge in [0.25, 0.3) is 5.56 Å². The number of aromatic amines is 1. The lowest BCUT2D eigenvalue weighted by molar-refractivity contribution is -0.0595. The molecule has 7 heterocycles. The van der Waals surface area contributed by atoms with Crippen LogP contribution >= 0.6 is 15.6 Å². The number of methoxy groups -OCH3 is 1. The molecule has 3 fully saturated rings. The number of hydrogen-bond acceptors (Lipinski definition) is 16. The second kappa shape index (κ2) is 11.3. The highest BCUT2D eigenvalue weighted by Crippen LogP contribution is 2.52. The first-order valence-corrected chi connectivity index (χ1v) is 16.5. The van der Waals surface area contributed by atoms with Gasteiger partial charge in [-0.15, -0.1) is 0 Å². The molecule has 248 valence electrons. The predicted octanol–water partition coefficient (Wildman–Crippen LogP) is -1.14. The van der Waals surface area contributed by atoms with E-state index in [9.17, 15) is 23.7 Å². The van der Waals surface area contributed by atoms with Crippen LogP contribution in [-0.2, 0) is 36.9 Å². The Bertz CT molecular complexity index is 1960. The number of H-pyrrole nitrogens is 1. The first-order valence-electron chi connectivity index (χ1n) is 13.4. The molecule has 25 heteroatoms. The summed E-state index contributed by atoms with van der Waals surface area (Å²) in [6, 6.07) is -1.25. The Labute approximate surface area is 255 Å². The molecule has 3 saturated heterocycles. The van der Waals surface area contributed by atoms with E-state index in [4.69, 9.17) is 39.2 Å². The Balaban J connectivity index is 1.22. The summed E-state index contributed by atoms with van der Waals surface area (Å²) in [4.78, 5) is 56.3. The van der Waals surface area contributed by atoms with Crippen LogP contribution < -0.4 is 22.1 Å². The fraction of sp³-hybridized carbons (Fsp3) is 0.524. The SMILES string of the molecule is COC1C2COP(=O)(O)OC3C(COP(=O)(O)NC1C(n1cnc4c(=O)[nH]c(N)nc41)O2)OC(n1cnc2c(N)ncnc21)C3F. The molecular formula is C21H26FN11O11P2. The van der Waals surface area contributed by atoms with Gasteiger partial charge in [-0.3, -0.25) is 32.5 Å². The average molecular weight is 689 g/mol. The van der Waals surface area contributed by atoms with Gasteiger partial charge >= 0.3 is 15.6 Å². The molecule has 10 unspecified atom stereocenters. The number of nitrogens with two attached hydrogens (primary N) is 2. The summed E-state index contributed by atoms with van der Waals surface area (Å²) in [6.07, 6.45) is -7.20. The van der Waals surface area contributed by atoms with Crippen LogP contribution in [0, 0.1) is 0 Å². The Kier molecular flexibility index (Phi) is 7.68. The lowest BCUT2D eigenvalue weighted by atomic mass is 10.1. The zero-order valence-electron chi connectivity index (χ0n) is 23.4. The third-order valence-electron chi connectivity index (χ3n) is 7.65. The lowest BCUT2D eigenvalue weighted by Crippen LogP contribution is -2.44. The summed E-state index contributed by atoms with van der Waals surface area (Å²) in [7, 11) is -8.66. The summed E-state index contributed by atoms with van der Waals surface area (Å²) in [5, 5.41) is 2.46. The van der Waals surface area contributed by atoms with Crippen molar-refractivity contribution in [2.45, 2.75) is 49.1 Å². The summed E-state index contributed by atoms with van der Waals surface area (Å²) in [5.74, 6) is -0.226. The van der Waals surface area contributed by atoms with Crippen LogP contribution in [0.4, 0.5) is 16.2 Å². The van der Waals surface area contributed by atoms with Crippen molar-refractivity contribution in [2.24, 2.45) is 0 Å². The summed E-state index contributed by atoms with van der Waals surface area (Å²) in [5.41, 5.74) is 11.0. The molecule has 0 radical (unpaired) electrons. The van der Waals surface area contributed by atoms with Crippen LogP contribution in [0.2, 0.25) is 0 Å². The number of aromatic nitrogens is 8. The van der Waals surface area contributed by atoms with Gasteiger partial charge in [0.15, 0.2) is 41.3 Å². The zero-order valence-corrected chi connectivity index (χ0v) is 25.2. The van der Waals surface area contributed by atoms with E-state index in [1.165, 1.54) is 28.9 Å². The van der Waals surface area contributed by atoms with Crippen LogP contribution in [-0.4, -0.2) is 106 Å². The Hall–Kier alpha value is -3.47. The van der Waals surface area contributed by atoms with E-state index in [2.05, 4.69) is 35.0 Å². The van der Waals surface area contributed by atoms with E-state index in [1.807, 2.05) is 0 Å². The van der Waals surface area contributed by atoms with E-state index in [-0.39, 0.29) is 34.1 Å². The Morgan fingerprint density at radius 2 is 1.70 bits per heavy atom. The van der Waals surface area contributed by atoms with Crippen molar-refractivity contribution in [3.63, 3.8) is 0 Å². The first-order chi connectivity index (χ1) is 21.9. The third-order valence-corrected chi connectivity index (χ3v) is 9.76. The number of imidazole rings is 2. The quantitative estimate of drug-likeness (QED) is 0.139. The molecule has 0 saturated carbocycles. The molecule has 3 aliphatic rings. The molecule has 4 aromatic rings. The maximum absolute atomic E-state index is 16.0. The minimum atomic E-state index is -5.08. The predicted molar refractivity (Wildman–Crippen MR) is 149 cm³/mol. The van der Waals surface area contributed by atoms with Gasteiger partial charge in [-0.05, 0) is 0 Å². The number of phosphoric ester groups is 1. The van der Waals surface area contributed by atoms with Crippen molar-refractivity contribution in [1.82, 2.24) is 44.1 Å². The van der Waals surface area contributed by atoms with Gasteiger partial charge in [-0.25, -0.2) is 38.5 Å². The van der Waals surface area contributed by atoms with Gasteiger partial charge in [0.1, 0.15) is 36.3 Å². The Morgan fingerprint density at radius 3 is 2.46 bits per heavy atom. The number of ether oxygens (including phenoxy) is 3. The summed E-state index contributed by atoms with van der Waals surface area (Å²) in [6.45, 7) is -1.49. The summed E-state index contributed by atoms with van der Waals surface area (Å²) < 4.78 is 78.0. The summed E-state index contributed by atoms with van der Waals surface area (Å²) >= 11 is 0. The average Bonchev–Trinajstić information content (AvgIpc) is 3.75. The Morgan fingerprint density at radius 1 is 1.00 bits per heavy atom. The molecule has 22 nitrogen and oxygen atoms in total. The molecule has 7 rings (SSSR count). The molecule has 10 atom stereocenters. The molecule has 0 amide bonds. The minimum Gasteiger partial charge on any atom is -0.382 e. The second-order valence-corrected chi connectivity index (χ2v) is 13.4. The number of halogens is 1. The van der Waals surface area contributed by atoms with E-state index in [0.29, 0.717) is 0 Å². The van der Waals surface area contributed by atoms with Crippen molar-refractivity contribution >= 4 is 49.7 Å². The van der Waals surface area contributed by atoms with Gasteiger partial charge in [-0.1, -0.05) is 0 Å². The van der Waals surface area contributed by atoms with Crippen molar-refractivity contribution in [3.05, 3.63) is 29.3 Å². The topological polar surface area (TPSA) is 301 Å². The zero-order chi connectivity index (χ0) is 32.5. The number of nitrogens with zero attached hydrogens (tertiary/aromatic N) is 7. The maximum Gasteiger partial charge on any atom is 0.472 e. The monoisotopic (exact) mass is 689 g/mol. The van der Waals surface area contributed by atoms with E-state index < -0.39 is 83.4 Å². The number of nitrogens with one attached hydrogen (secondary N) is 2. The third kappa shape index (κ3) is 5.38. The normalized spacial score (nSPS) is 37.1. The van der Waals surface area contributed by atoms with Gasteiger partial charge in [0.2, 0.25) is 5.95 Å². The number of alkyl halides is 1. The van der Waals surface area contributed by atoms with Crippen molar-refractivity contribution in [2.75, 3.05) is 31.8 Å². The molecule has 0 aromatic carbocycles. The van der Waals surface area contributed by atoms with Crippen LogP contribution in [0.1, 0.15) is 12.5 Å². The number of fused-ring (bicyclic) bond motifs is 5. The lowest BCUT2D eigenvalue weighted by Gasteiger charge is -2.27. The molecule has 8 N–H and O–H groups in total.